The summed E-state index contributed by atoms with van der Waals surface area (Å²) in [5, 5.41) is 4.30. The Bertz CT molecular complexity index is 931. The van der Waals surface area contributed by atoms with Gasteiger partial charge in [0.1, 0.15) is 6.54 Å². The van der Waals surface area contributed by atoms with Crippen LogP contribution < -0.4 is 9.73 Å². The number of carbonyl (C=O) groups is 1. The van der Waals surface area contributed by atoms with Crippen LogP contribution in [-0.4, -0.2) is 33.3 Å². The van der Waals surface area contributed by atoms with Gasteiger partial charge in [-0.25, -0.2) is 13.8 Å². The van der Waals surface area contributed by atoms with E-state index in [1.165, 1.54) is 6.21 Å². The van der Waals surface area contributed by atoms with E-state index >= 15 is 0 Å². The minimum atomic E-state index is -3.66. The fraction of sp³-hybridized carbons (Fsp3) is 0.125. The normalized spacial score (nSPS) is 11.5. The van der Waals surface area contributed by atoms with E-state index < -0.39 is 22.5 Å². The molecule has 2 rings (SSSR count). The molecule has 0 aliphatic rings. The van der Waals surface area contributed by atoms with Gasteiger partial charge in [0.05, 0.1) is 23.2 Å². The summed E-state index contributed by atoms with van der Waals surface area (Å²) in [6.07, 6.45) is 2.41. The molecule has 0 radical (unpaired) electrons. The Morgan fingerprint density at radius 1 is 1.19 bits per heavy atom. The monoisotopic (exact) mass is 521 g/mol. The molecule has 0 aliphatic heterocycles. The number of benzene rings is 2. The summed E-state index contributed by atoms with van der Waals surface area (Å²) in [5.41, 5.74) is 3.27. The molecule has 0 heterocycles. The van der Waals surface area contributed by atoms with Gasteiger partial charge in [-0.3, -0.25) is 9.10 Å². The van der Waals surface area contributed by atoms with Gasteiger partial charge in [0, 0.05) is 14.5 Å². The van der Waals surface area contributed by atoms with Crippen LogP contribution in [0.2, 0.25) is 5.02 Å². The second-order valence-corrected chi connectivity index (χ2v) is 9.17. The predicted molar refractivity (Wildman–Crippen MR) is 111 cm³/mol. The minimum absolute atomic E-state index is 0.364. The van der Waals surface area contributed by atoms with Gasteiger partial charge < -0.3 is 0 Å². The molecule has 0 aromatic heterocycles. The smallest absolute Gasteiger partial charge is 0.260 e. The lowest BCUT2D eigenvalue weighted by molar-refractivity contribution is -0.119. The van der Waals surface area contributed by atoms with Crippen LogP contribution in [0.5, 0.6) is 0 Å². The molecule has 2 aromatic rings. The molecule has 2 aromatic carbocycles. The SMILES string of the molecule is CS(=O)(=O)N(CC(=O)N/N=C\c1c(Cl)cccc1Br)c1ccccc1Br. The quantitative estimate of drug-likeness (QED) is 0.462. The summed E-state index contributed by atoms with van der Waals surface area (Å²) < 4.78 is 26.4. The van der Waals surface area contributed by atoms with Crippen LogP contribution in [0.4, 0.5) is 5.69 Å². The lowest BCUT2D eigenvalue weighted by Crippen LogP contribution is -2.39. The fourth-order valence-electron chi connectivity index (χ4n) is 2.00. The molecule has 0 spiro atoms. The zero-order valence-corrected chi connectivity index (χ0v) is 18.2. The second kappa shape index (κ2) is 8.98. The first-order valence-corrected chi connectivity index (χ1v) is 11.0. The molecule has 6 nitrogen and oxygen atoms in total. The first-order valence-electron chi connectivity index (χ1n) is 7.18. The highest BCUT2D eigenvalue weighted by molar-refractivity contribution is 9.11. The molecule has 0 fully saturated rings. The van der Waals surface area contributed by atoms with Crippen molar-refractivity contribution in [1.29, 1.82) is 0 Å². The number of hydrazone groups is 1. The maximum Gasteiger partial charge on any atom is 0.260 e. The Balaban J connectivity index is 2.14. The van der Waals surface area contributed by atoms with E-state index in [2.05, 4.69) is 42.4 Å². The maximum absolute atomic E-state index is 12.2. The number of anilines is 1. The lowest BCUT2D eigenvalue weighted by atomic mass is 10.2. The van der Waals surface area contributed by atoms with Crippen LogP contribution in [0, 0.1) is 0 Å². The van der Waals surface area contributed by atoms with Crippen molar-refractivity contribution in [3.63, 3.8) is 0 Å². The molecule has 0 unspecified atom stereocenters. The highest BCUT2D eigenvalue weighted by Crippen LogP contribution is 2.27. The Morgan fingerprint density at radius 3 is 2.46 bits per heavy atom. The van der Waals surface area contributed by atoms with Gasteiger partial charge in [-0.2, -0.15) is 5.10 Å². The summed E-state index contributed by atoms with van der Waals surface area (Å²) in [6, 6.07) is 12.0. The number of hydrogen-bond donors (Lipinski definition) is 1. The molecule has 138 valence electrons. The molecule has 0 aliphatic carbocycles. The standard InChI is InChI=1S/C16H14Br2ClN3O3S/c1-26(24,25)22(15-8-3-2-5-13(15)18)10-16(23)21-20-9-11-12(17)6-4-7-14(11)19/h2-9H,10H2,1H3,(H,21,23)/b20-9-. The largest absolute Gasteiger partial charge is 0.271 e. The van der Waals surface area contributed by atoms with E-state index in [0.29, 0.717) is 25.2 Å². The first kappa shape index (κ1) is 20.9. The van der Waals surface area contributed by atoms with Crippen molar-refractivity contribution in [3.8, 4) is 0 Å². The molecule has 0 saturated heterocycles. The van der Waals surface area contributed by atoms with E-state index in [-0.39, 0.29) is 0 Å². The van der Waals surface area contributed by atoms with Crippen LogP contribution in [0.1, 0.15) is 5.56 Å². The van der Waals surface area contributed by atoms with Gasteiger partial charge >= 0.3 is 0 Å². The van der Waals surface area contributed by atoms with Crippen LogP contribution in [0.25, 0.3) is 0 Å². The van der Waals surface area contributed by atoms with Gasteiger partial charge in [-0.1, -0.05) is 45.7 Å². The third kappa shape index (κ3) is 5.54. The van der Waals surface area contributed by atoms with Crippen molar-refractivity contribution in [2.24, 2.45) is 5.10 Å². The van der Waals surface area contributed by atoms with Crippen molar-refractivity contribution >= 4 is 71.3 Å². The van der Waals surface area contributed by atoms with Gasteiger partial charge in [0.2, 0.25) is 10.0 Å². The van der Waals surface area contributed by atoms with Crippen LogP contribution in [0.15, 0.2) is 56.5 Å². The Hall–Kier alpha value is -1.42. The summed E-state index contributed by atoms with van der Waals surface area (Å²) >= 11 is 12.7. The van der Waals surface area contributed by atoms with Crippen molar-refractivity contribution in [1.82, 2.24) is 5.43 Å². The number of nitrogens with zero attached hydrogens (tertiary/aromatic N) is 2. The number of carbonyl (C=O) groups excluding carboxylic acids is 1. The van der Waals surface area contributed by atoms with E-state index in [9.17, 15) is 13.2 Å². The molecule has 10 heteroatoms. The summed E-state index contributed by atoms with van der Waals surface area (Å²) in [5.74, 6) is -0.592. The average molecular weight is 524 g/mol. The van der Waals surface area contributed by atoms with Crippen LogP contribution in [-0.2, 0) is 14.8 Å². The zero-order valence-electron chi connectivity index (χ0n) is 13.5. The van der Waals surface area contributed by atoms with Crippen molar-refractivity contribution in [3.05, 3.63) is 62.0 Å². The van der Waals surface area contributed by atoms with Crippen LogP contribution in [0.3, 0.4) is 0 Å². The molecular weight excluding hydrogens is 510 g/mol. The minimum Gasteiger partial charge on any atom is -0.271 e. The van der Waals surface area contributed by atoms with Crippen molar-refractivity contribution < 1.29 is 13.2 Å². The molecule has 1 N–H and O–H groups in total. The summed E-state index contributed by atoms with van der Waals surface area (Å²) in [4.78, 5) is 12.2. The second-order valence-electron chi connectivity index (χ2n) is 5.15. The highest BCUT2D eigenvalue weighted by atomic mass is 79.9. The molecule has 1 amide bonds. The number of amides is 1. The summed E-state index contributed by atoms with van der Waals surface area (Å²) in [7, 11) is -3.66. The lowest BCUT2D eigenvalue weighted by Gasteiger charge is -2.22. The van der Waals surface area contributed by atoms with E-state index in [1.807, 2.05) is 0 Å². The third-order valence-electron chi connectivity index (χ3n) is 3.19. The van der Waals surface area contributed by atoms with Crippen molar-refractivity contribution in [2.75, 3.05) is 17.1 Å². The molecular formula is C16H14Br2ClN3O3S. The van der Waals surface area contributed by atoms with Gasteiger partial charge in [-0.05, 0) is 40.2 Å². The van der Waals surface area contributed by atoms with Gasteiger partial charge in [0.15, 0.2) is 0 Å². The Labute approximate surface area is 173 Å². The third-order valence-corrected chi connectivity index (χ3v) is 6.01. The van der Waals surface area contributed by atoms with Crippen molar-refractivity contribution in [2.45, 2.75) is 0 Å². The highest BCUT2D eigenvalue weighted by Gasteiger charge is 2.22. The number of para-hydroxylation sites is 1. The Morgan fingerprint density at radius 2 is 1.85 bits per heavy atom. The molecule has 0 saturated carbocycles. The average Bonchev–Trinajstić information content (AvgIpc) is 2.55. The molecule has 0 bridgehead atoms. The topological polar surface area (TPSA) is 78.8 Å². The molecule has 0 atom stereocenters. The van der Waals surface area contributed by atoms with Crippen LogP contribution >= 0.6 is 43.5 Å². The van der Waals surface area contributed by atoms with E-state index in [0.717, 1.165) is 10.6 Å². The van der Waals surface area contributed by atoms with Gasteiger partial charge in [0.25, 0.3) is 5.91 Å². The Kier molecular flexibility index (Phi) is 7.22. The zero-order chi connectivity index (χ0) is 19.3. The number of nitrogens with one attached hydrogen (secondary N) is 1. The number of sulfonamides is 1. The predicted octanol–water partition coefficient (Wildman–Crippen LogP) is 3.78. The number of rotatable bonds is 6. The van der Waals surface area contributed by atoms with E-state index in [1.54, 1.807) is 42.5 Å². The first-order chi connectivity index (χ1) is 12.2. The number of hydrogen-bond acceptors (Lipinski definition) is 4. The van der Waals surface area contributed by atoms with E-state index in [4.69, 9.17) is 11.6 Å². The number of halogens is 3. The van der Waals surface area contributed by atoms with Gasteiger partial charge in [-0.15, -0.1) is 0 Å². The fourth-order valence-corrected chi connectivity index (χ4v) is 4.29. The molecule has 26 heavy (non-hydrogen) atoms. The summed E-state index contributed by atoms with van der Waals surface area (Å²) in [6.45, 7) is -0.414. The maximum atomic E-state index is 12.2.